The summed E-state index contributed by atoms with van der Waals surface area (Å²) in [5.41, 5.74) is 1.49. The van der Waals surface area contributed by atoms with Crippen LogP contribution in [0.4, 0.5) is 5.69 Å². The number of anilines is 1. The summed E-state index contributed by atoms with van der Waals surface area (Å²) in [5.74, 6) is 0.0964. The average Bonchev–Trinajstić information content (AvgIpc) is 2.63. The summed E-state index contributed by atoms with van der Waals surface area (Å²) in [4.78, 5) is 12.0. The van der Waals surface area contributed by atoms with Crippen molar-refractivity contribution in [2.75, 3.05) is 24.6 Å². The minimum absolute atomic E-state index is 0.158. The van der Waals surface area contributed by atoms with E-state index in [4.69, 9.17) is 9.47 Å². The topological polar surface area (TPSA) is 72.9 Å². The lowest BCUT2D eigenvalue weighted by molar-refractivity contribution is 0.0600. The van der Waals surface area contributed by atoms with Crippen molar-refractivity contribution in [3.8, 4) is 5.75 Å². The van der Waals surface area contributed by atoms with E-state index in [0.717, 1.165) is 5.56 Å². The SMILES string of the molecule is CCOc1ccc(S(=O)(=O)N(CC)c2cc(C(=O)OC)ccc2C)cc1. The van der Waals surface area contributed by atoms with Gasteiger partial charge in [-0.15, -0.1) is 0 Å². The number of hydrogen-bond donors (Lipinski definition) is 0. The molecule has 2 aromatic rings. The number of esters is 1. The Kier molecular flexibility index (Phi) is 6.26. The smallest absolute Gasteiger partial charge is 0.337 e. The Morgan fingerprint density at radius 1 is 1.08 bits per heavy atom. The van der Waals surface area contributed by atoms with Crippen molar-refractivity contribution in [2.45, 2.75) is 25.7 Å². The summed E-state index contributed by atoms with van der Waals surface area (Å²) in [6.07, 6.45) is 0. The third-order valence-electron chi connectivity index (χ3n) is 3.91. The lowest BCUT2D eigenvalue weighted by Crippen LogP contribution is -2.31. The molecule has 7 heteroatoms. The van der Waals surface area contributed by atoms with Gasteiger partial charge in [0.15, 0.2) is 0 Å². The Morgan fingerprint density at radius 3 is 2.27 bits per heavy atom. The Hall–Kier alpha value is -2.54. The second-order valence-corrected chi connectivity index (χ2v) is 7.43. The summed E-state index contributed by atoms with van der Waals surface area (Å²) in [6.45, 7) is 6.14. The van der Waals surface area contributed by atoms with Gasteiger partial charge in [0.1, 0.15) is 5.75 Å². The number of ether oxygens (including phenoxy) is 2. The molecule has 0 radical (unpaired) electrons. The van der Waals surface area contributed by atoms with E-state index in [1.807, 2.05) is 6.92 Å². The third-order valence-corrected chi connectivity index (χ3v) is 5.81. The first-order chi connectivity index (χ1) is 12.3. The van der Waals surface area contributed by atoms with Crippen LogP contribution in [0.3, 0.4) is 0 Å². The van der Waals surface area contributed by atoms with Crippen LogP contribution in [-0.4, -0.2) is 34.6 Å². The van der Waals surface area contributed by atoms with Gasteiger partial charge in [0.05, 0.1) is 29.9 Å². The fourth-order valence-electron chi connectivity index (χ4n) is 2.59. The molecule has 6 nitrogen and oxygen atoms in total. The zero-order chi connectivity index (χ0) is 19.3. The highest BCUT2D eigenvalue weighted by atomic mass is 32.2. The maximum absolute atomic E-state index is 13.1. The molecule has 0 aliphatic rings. The standard InChI is InChI=1S/C19H23NO5S/c1-5-20(18-13-15(19(21)24-4)8-7-14(18)3)26(22,23)17-11-9-16(10-12-17)25-6-2/h7-13H,5-6H2,1-4H3. The van der Waals surface area contributed by atoms with Crippen molar-refractivity contribution < 1.29 is 22.7 Å². The Bertz CT molecular complexity index is 875. The van der Waals surface area contributed by atoms with Gasteiger partial charge in [-0.25, -0.2) is 13.2 Å². The number of hydrogen-bond acceptors (Lipinski definition) is 5. The third kappa shape index (κ3) is 3.99. The second kappa shape index (κ2) is 8.23. The number of methoxy groups -OCH3 is 1. The van der Waals surface area contributed by atoms with Crippen molar-refractivity contribution in [3.05, 3.63) is 53.6 Å². The molecule has 0 aromatic heterocycles. The first-order valence-corrected chi connectivity index (χ1v) is 9.73. The van der Waals surface area contributed by atoms with Gasteiger partial charge in [-0.2, -0.15) is 0 Å². The largest absolute Gasteiger partial charge is 0.494 e. The van der Waals surface area contributed by atoms with E-state index in [-0.39, 0.29) is 11.4 Å². The quantitative estimate of drug-likeness (QED) is 0.692. The molecule has 0 N–H and O–H groups in total. The monoisotopic (exact) mass is 377 g/mol. The van der Waals surface area contributed by atoms with Crippen LogP contribution >= 0.6 is 0 Å². The normalized spacial score (nSPS) is 11.1. The summed E-state index contributed by atoms with van der Waals surface area (Å²) in [6, 6.07) is 11.1. The molecule has 0 atom stereocenters. The van der Waals surface area contributed by atoms with E-state index in [9.17, 15) is 13.2 Å². The fourth-order valence-corrected chi connectivity index (χ4v) is 4.12. The minimum atomic E-state index is -3.78. The Morgan fingerprint density at radius 2 is 1.73 bits per heavy atom. The number of carbonyl (C=O) groups is 1. The first-order valence-electron chi connectivity index (χ1n) is 8.29. The second-order valence-electron chi connectivity index (χ2n) is 5.57. The maximum Gasteiger partial charge on any atom is 0.337 e. The fraction of sp³-hybridized carbons (Fsp3) is 0.316. The zero-order valence-electron chi connectivity index (χ0n) is 15.4. The van der Waals surface area contributed by atoms with Crippen LogP contribution in [0.15, 0.2) is 47.4 Å². The molecule has 0 fully saturated rings. The van der Waals surface area contributed by atoms with Gasteiger partial charge in [0.2, 0.25) is 0 Å². The van der Waals surface area contributed by atoms with E-state index in [0.29, 0.717) is 23.6 Å². The predicted octanol–water partition coefficient (Wildman–Crippen LogP) is 3.40. The lowest BCUT2D eigenvalue weighted by Gasteiger charge is -2.25. The van der Waals surface area contributed by atoms with Crippen LogP contribution < -0.4 is 9.04 Å². The highest BCUT2D eigenvalue weighted by Crippen LogP contribution is 2.28. The number of rotatable bonds is 7. The van der Waals surface area contributed by atoms with Gasteiger partial charge >= 0.3 is 5.97 Å². The highest BCUT2D eigenvalue weighted by molar-refractivity contribution is 7.92. The number of carbonyl (C=O) groups excluding carboxylic acids is 1. The Labute approximate surface area is 154 Å². The van der Waals surface area contributed by atoms with E-state index >= 15 is 0 Å². The minimum Gasteiger partial charge on any atom is -0.494 e. The molecule has 2 rings (SSSR count). The van der Waals surface area contributed by atoms with Crippen LogP contribution in [0, 0.1) is 6.92 Å². The average molecular weight is 377 g/mol. The molecule has 140 valence electrons. The zero-order valence-corrected chi connectivity index (χ0v) is 16.2. The molecular formula is C19H23NO5S. The van der Waals surface area contributed by atoms with E-state index < -0.39 is 16.0 Å². The van der Waals surface area contributed by atoms with Gasteiger partial charge < -0.3 is 9.47 Å². The van der Waals surface area contributed by atoms with Crippen LogP contribution in [0.2, 0.25) is 0 Å². The molecule has 2 aromatic carbocycles. The maximum atomic E-state index is 13.1. The predicted molar refractivity (Wildman–Crippen MR) is 100 cm³/mol. The molecule has 0 aliphatic carbocycles. The first kappa shape index (κ1) is 19.8. The summed E-state index contributed by atoms with van der Waals surface area (Å²) < 4.78 is 37.6. The molecule has 0 saturated carbocycles. The summed E-state index contributed by atoms with van der Waals surface area (Å²) in [5, 5.41) is 0. The van der Waals surface area contributed by atoms with Crippen molar-refractivity contribution >= 4 is 21.7 Å². The molecule has 0 spiro atoms. The summed E-state index contributed by atoms with van der Waals surface area (Å²) >= 11 is 0. The molecule has 0 heterocycles. The Balaban J connectivity index is 2.48. The van der Waals surface area contributed by atoms with Gasteiger partial charge in [-0.3, -0.25) is 4.31 Å². The van der Waals surface area contributed by atoms with Crippen LogP contribution in [-0.2, 0) is 14.8 Å². The number of aryl methyl sites for hydroxylation is 1. The molecular weight excluding hydrogens is 354 g/mol. The van der Waals surface area contributed by atoms with Gasteiger partial charge in [0, 0.05) is 6.54 Å². The van der Waals surface area contributed by atoms with E-state index in [1.165, 1.54) is 29.6 Å². The van der Waals surface area contributed by atoms with Gasteiger partial charge in [0.25, 0.3) is 10.0 Å². The number of benzene rings is 2. The van der Waals surface area contributed by atoms with E-state index in [1.54, 1.807) is 38.1 Å². The highest BCUT2D eigenvalue weighted by Gasteiger charge is 2.25. The summed E-state index contributed by atoms with van der Waals surface area (Å²) in [7, 11) is -2.49. The van der Waals surface area contributed by atoms with Crippen LogP contribution in [0.5, 0.6) is 5.75 Å². The van der Waals surface area contributed by atoms with Crippen molar-refractivity contribution in [1.29, 1.82) is 0 Å². The lowest BCUT2D eigenvalue weighted by atomic mass is 10.1. The number of sulfonamides is 1. The van der Waals surface area contributed by atoms with Crippen molar-refractivity contribution in [1.82, 2.24) is 0 Å². The van der Waals surface area contributed by atoms with Gasteiger partial charge in [-0.05, 0) is 62.7 Å². The van der Waals surface area contributed by atoms with Crippen LogP contribution in [0.1, 0.15) is 29.8 Å². The molecule has 0 saturated heterocycles. The van der Waals surface area contributed by atoms with Crippen molar-refractivity contribution in [2.24, 2.45) is 0 Å². The number of nitrogens with zero attached hydrogens (tertiary/aromatic N) is 1. The van der Waals surface area contributed by atoms with Crippen LogP contribution in [0.25, 0.3) is 0 Å². The van der Waals surface area contributed by atoms with Crippen molar-refractivity contribution in [3.63, 3.8) is 0 Å². The molecule has 26 heavy (non-hydrogen) atoms. The van der Waals surface area contributed by atoms with E-state index in [2.05, 4.69) is 0 Å². The molecule has 0 aliphatic heterocycles. The molecule has 0 bridgehead atoms. The molecule has 0 amide bonds. The van der Waals surface area contributed by atoms with Gasteiger partial charge in [-0.1, -0.05) is 6.07 Å². The molecule has 0 unspecified atom stereocenters.